The predicted octanol–water partition coefficient (Wildman–Crippen LogP) is 1.26. The van der Waals surface area contributed by atoms with Gasteiger partial charge in [-0.1, -0.05) is 18.2 Å². The summed E-state index contributed by atoms with van der Waals surface area (Å²) in [4.78, 5) is 14.3. The number of amides is 1. The minimum absolute atomic E-state index is 0.0641. The zero-order valence-corrected chi connectivity index (χ0v) is 11.2. The van der Waals surface area contributed by atoms with Crippen molar-refractivity contribution in [2.24, 2.45) is 0 Å². The Kier molecular flexibility index (Phi) is 3.87. The van der Waals surface area contributed by atoms with Gasteiger partial charge in [-0.15, -0.1) is 0 Å². The lowest BCUT2D eigenvalue weighted by atomic mass is 10.0. The number of para-hydroxylation sites is 1. The van der Waals surface area contributed by atoms with E-state index < -0.39 is 0 Å². The van der Waals surface area contributed by atoms with Crippen molar-refractivity contribution in [3.05, 3.63) is 29.8 Å². The molecule has 0 bridgehead atoms. The second-order valence-electron chi connectivity index (χ2n) is 5.19. The molecule has 1 aromatic rings. The van der Waals surface area contributed by atoms with Crippen LogP contribution in [0.3, 0.4) is 0 Å². The highest BCUT2D eigenvalue weighted by Crippen LogP contribution is 2.30. The summed E-state index contributed by atoms with van der Waals surface area (Å²) < 4.78 is 0. The topological polar surface area (TPSA) is 44.4 Å². The van der Waals surface area contributed by atoms with Crippen LogP contribution in [0.15, 0.2) is 24.3 Å². The summed E-state index contributed by atoms with van der Waals surface area (Å²) >= 11 is 0. The summed E-state index contributed by atoms with van der Waals surface area (Å²) in [6.07, 6.45) is 0. The van der Waals surface area contributed by atoms with Gasteiger partial charge in [-0.05, 0) is 32.6 Å². The molecule has 0 fully saturated rings. The first-order valence-electron chi connectivity index (χ1n) is 6.36. The number of hydrogen-bond donors (Lipinski definition) is 2. The molecule has 4 heteroatoms. The van der Waals surface area contributed by atoms with Crippen molar-refractivity contribution in [3.63, 3.8) is 0 Å². The van der Waals surface area contributed by atoms with E-state index in [0.717, 1.165) is 17.8 Å². The normalized spacial score (nSPS) is 19.2. The van der Waals surface area contributed by atoms with Crippen molar-refractivity contribution in [2.75, 3.05) is 32.5 Å². The average molecular weight is 247 g/mol. The molecular weight excluding hydrogens is 226 g/mol. The number of likely N-dealkylation sites (N-methyl/N-ethyl adjacent to an activating group) is 1. The first-order valence-corrected chi connectivity index (χ1v) is 6.36. The molecule has 0 radical (unpaired) electrons. The van der Waals surface area contributed by atoms with Crippen molar-refractivity contribution in [2.45, 2.75) is 18.9 Å². The number of carbonyl (C=O) groups is 1. The van der Waals surface area contributed by atoms with Gasteiger partial charge in [0.2, 0.25) is 5.91 Å². The average Bonchev–Trinajstić information content (AvgIpc) is 2.71. The minimum Gasteiger partial charge on any atom is -0.384 e. The van der Waals surface area contributed by atoms with E-state index in [1.165, 1.54) is 0 Å². The van der Waals surface area contributed by atoms with Gasteiger partial charge >= 0.3 is 0 Å². The molecule has 1 amide bonds. The lowest BCUT2D eigenvalue weighted by Crippen LogP contribution is -2.42. The molecule has 4 nitrogen and oxygen atoms in total. The molecule has 2 rings (SSSR count). The van der Waals surface area contributed by atoms with Gasteiger partial charge in [-0.3, -0.25) is 4.79 Å². The highest BCUT2D eigenvalue weighted by atomic mass is 16.2. The van der Waals surface area contributed by atoms with E-state index in [9.17, 15) is 4.79 Å². The second kappa shape index (κ2) is 5.40. The molecule has 2 N–H and O–H groups in total. The van der Waals surface area contributed by atoms with Gasteiger partial charge in [0.25, 0.3) is 0 Å². The third-order valence-corrected chi connectivity index (χ3v) is 3.18. The van der Waals surface area contributed by atoms with E-state index in [1.54, 1.807) is 0 Å². The number of nitrogens with zero attached hydrogens (tertiary/aromatic N) is 1. The van der Waals surface area contributed by atoms with Crippen LogP contribution in [0.2, 0.25) is 0 Å². The number of carbonyl (C=O) groups excluding carboxylic acids is 1. The summed E-state index contributed by atoms with van der Waals surface area (Å²) in [7, 11) is 4.02. The quantitative estimate of drug-likeness (QED) is 0.842. The Balaban J connectivity index is 1.99. The second-order valence-corrected chi connectivity index (χ2v) is 5.19. The fraction of sp³-hybridized carbons (Fsp3) is 0.500. The standard InChI is InChI=1S/C14H21N3O/c1-10(9-17(2)3)16-14(18)12-8-15-13-7-5-4-6-11(12)13/h4-7,10,12,15H,8-9H2,1-3H3,(H,16,18). The van der Waals surface area contributed by atoms with Crippen molar-refractivity contribution in [1.29, 1.82) is 0 Å². The third kappa shape index (κ3) is 2.82. The molecule has 1 aliphatic rings. The van der Waals surface area contributed by atoms with E-state index in [4.69, 9.17) is 0 Å². The largest absolute Gasteiger partial charge is 0.384 e. The van der Waals surface area contributed by atoms with Crippen LogP contribution in [0.5, 0.6) is 0 Å². The number of fused-ring (bicyclic) bond motifs is 1. The molecule has 1 heterocycles. The monoisotopic (exact) mass is 247 g/mol. The zero-order chi connectivity index (χ0) is 13.1. The van der Waals surface area contributed by atoms with Crippen LogP contribution < -0.4 is 10.6 Å². The Morgan fingerprint density at radius 1 is 1.50 bits per heavy atom. The van der Waals surface area contributed by atoms with Crippen LogP contribution in [0, 0.1) is 0 Å². The molecule has 18 heavy (non-hydrogen) atoms. The molecule has 0 spiro atoms. The molecule has 2 atom stereocenters. The SMILES string of the molecule is CC(CN(C)C)NC(=O)C1CNc2ccccc21. The van der Waals surface area contributed by atoms with E-state index in [0.29, 0.717) is 6.54 Å². The Morgan fingerprint density at radius 3 is 2.94 bits per heavy atom. The summed E-state index contributed by atoms with van der Waals surface area (Å²) in [5.41, 5.74) is 2.19. The highest BCUT2D eigenvalue weighted by Gasteiger charge is 2.28. The summed E-state index contributed by atoms with van der Waals surface area (Å²) in [6.45, 7) is 3.58. The summed E-state index contributed by atoms with van der Waals surface area (Å²) in [5.74, 6) is 0.0487. The molecule has 1 aliphatic heterocycles. The molecule has 0 aliphatic carbocycles. The van der Waals surface area contributed by atoms with E-state index in [1.807, 2.05) is 45.3 Å². The lowest BCUT2D eigenvalue weighted by Gasteiger charge is -2.20. The van der Waals surface area contributed by atoms with Crippen LogP contribution in [0.25, 0.3) is 0 Å². The summed E-state index contributed by atoms with van der Waals surface area (Å²) in [6, 6.07) is 8.18. The van der Waals surface area contributed by atoms with Gasteiger partial charge in [0.05, 0.1) is 5.92 Å². The summed E-state index contributed by atoms with van der Waals surface area (Å²) in [5, 5.41) is 6.35. The van der Waals surface area contributed by atoms with Gasteiger partial charge in [-0.2, -0.15) is 0 Å². The molecule has 2 unspecified atom stereocenters. The Labute approximate surface area is 108 Å². The minimum atomic E-state index is -0.0641. The van der Waals surface area contributed by atoms with Gasteiger partial charge in [0, 0.05) is 24.8 Å². The van der Waals surface area contributed by atoms with Gasteiger partial charge in [0.15, 0.2) is 0 Å². The Bertz CT molecular complexity index is 431. The Morgan fingerprint density at radius 2 is 2.22 bits per heavy atom. The lowest BCUT2D eigenvalue weighted by molar-refractivity contribution is -0.122. The maximum Gasteiger partial charge on any atom is 0.229 e. The number of benzene rings is 1. The van der Waals surface area contributed by atoms with E-state index in [2.05, 4.69) is 15.5 Å². The number of rotatable bonds is 4. The molecule has 1 aromatic carbocycles. The van der Waals surface area contributed by atoms with Gasteiger partial charge in [0.1, 0.15) is 0 Å². The van der Waals surface area contributed by atoms with Crippen LogP contribution >= 0.6 is 0 Å². The molecule has 0 aromatic heterocycles. The fourth-order valence-electron chi connectivity index (χ4n) is 2.45. The molecule has 0 saturated heterocycles. The molecule has 0 saturated carbocycles. The number of hydrogen-bond acceptors (Lipinski definition) is 3. The zero-order valence-electron chi connectivity index (χ0n) is 11.2. The van der Waals surface area contributed by atoms with E-state index in [-0.39, 0.29) is 17.9 Å². The predicted molar refractivity (Wildman–Crippen MR) is 73.8 cm³/mol. The van der Waals surface area contributed by atoms with Crippen molar-refractivity contribution >= 4 is 11.6 Å². The molecular formula is C14H21N3O. The Hall–Kier alpha value is -1.55. The third-order valence-electron chi connectivity index (χ3n) is 3.18. The van der Waals surface area contributed by atoms with Crippen LogP contribution in [-0.4, -0.2) is 44.0 Å². The van der Waals surface area contributed by atoms with Crippen LogP contribution in [0.4, 0.5) is 5.69 Å². The van der Waals surface area contributed by atoms with Crippen LogP contribution in [0.1, 0.15) is 18.4 Å². The maximum atomic E-state index is 12.2. The maximum absolute atomic E-state index is 12.2. The van der Waals surface area contributed by atoms with Gasteiger partial charge in [-0.25, -0.2) is 0 Å². The number of anilines is 1. The smallest absolute Gasteiger partial charge is 0.229 e. The fourth-order valence-corrected chi connectivity index (χ4v) is 2.45. The number of nitrogens with one attached hydrogen (secondary N) is 2. The highest BCUT2D eigenvalue weighted by molar-refractivity contribution is 5.88. The van der Waals surface area contributed by atoms with Crippen molar-refractivity contribution < 1.29 is 4.79 Å². The van der Waals surface area contributed by atoms with Crippen LogP contribution in [-0.2, 0) is 4.79 Å². The first-order chi connectivity index (χ1) is 8.58. The first kappa shape index (κ1) is 12.9. The van der Waals surface area contributed by atoms with Crippen molar-refractivity contribution in [1.82, 2.24) is 10.2 Å². The van der Waals surface area contributed by atoms with Crippen molar-refractivity contribution in [3.8, 4) is 0 Å². The van der Waals surface area contributed by atoms with Gasteiger partial charge < -0.3 is 15.5 Å². The van der Waals surface area contributed by atoms with E-state index >= 15 is 0 Å². The molecule has 98 valence electrons.